The number of rotatable bonds is 1. The summed E-state index contributed by atoms with van der Waals surface area (Å²) in [6.07, 6.45) is 6.15. The number of phenols is 1. The van der Waals surface area contributed by atoms with Crippen molar-refractivity contribution in [3.05, 3.63) is 34.9 Å². The Morgan fingerprint density at radius 2 is 1.97 bits per heavy atom. The van der Waals surface area contributed by atoms with Gasteiger partial charge < -0.3 is 14.7 Å². The number of benzene rings is 1. The van der Waals surface area contributed by atoms with Crippen LogP contribution in [0.15, 0.2) is 29.3 Å². The van der Waals surface area contributed by atoms with E-state index in [0.29, 0.717) is 24.0 Å². The Balaban J connectivity index is 1.46. The van der Waals surface area contributed by atoms with Gasteiger partial charge in [0.2, 0.25) is 0 Å². The third-order valence-electron chi connectivity index (χ3n) is 6.31. The average molecular weight is 399 g/mol. The second kappa shape index (κ2) is 7.04. The molecule has 4 rings (SSSR count). The largest absolute Gasteiger partial charge is 0.508 e. The summed E-state index contributed by atoms with van der Waals surface area (Å²) < 4.78 is 7.23. The van der Waals surface area contributed by atoms with E-state index in [4.69, 9.17) is 4.74 Å². The summed E-state index contributed by atoms with van der Waals surface area (Å²) in [5.41, 5.74) is 0.182. The molecule has 1 aliphatic carbocycles. The molecule has 1 saturated heterocycles. The minimum atomic E-state index is -0.483. The molecule has 2 aromatic rings. The number of ether oxygens (including phenoxy) is 1. The Morgan fingerprint density at radius 3 is 2.66 bits per heavy atom. The van der Waals surface area contributed by atoms with Crippen molar-refractivity contribution in [3.8, 4) is 5.75 Å². The third kappa shape index (κ3) is 3.95. The van der Waals surface area contributed by atoms with Crippen LogP contribution in [0.4, 0.5) is 4.79 Å². The lowest BCUT2D eigenvalue weighted by Crippen LogP contribution is -2.44. The van der Waals surface area contributed by atoms with Crippen LogP contribution in [0, 0.1) is 5.41 Å². The van der Waals surface area contributed by atoms with Crippen LogP contribution >= 0.6 is 0 Å². The van der Waals surface area contributed by atoms with Crippen molar-refractivity contribution >= 4 is 17.0 Å². The SMILES string of the molecule is CC(C)(C)OC(=O)N1CCC2(CCC(n3cnc4ccc(O)cc4c3=O)C2)CC1. The van der Waals surface area contributed by atoms with Gasteiger partial charge in [0.15, 0.2) is 0 Å². The summed E-state index contributed by atoms with van der Waals surface area (Å²) in [5.74, 6) is 0.0755. The summed E-state index contributed by atoms with van der Waals surface area (Å²) in [5, 5.41) is 10.2. The van der Waals surface area contributed by atoms with E-state index in [9.17, 15) is 14.7 Å². The van der Waals surface area contributed by atoms with Crippen LogP contribution in [0.2, 0.25) is 0 Å². The van der Waals surface area contributed by atoms with Gasteiger partial charge in [-0.1, -0.05) is 0 Å². The number of phenolic OH excluding ortho intramolecular Hbond substituents is 1. The molecule has 2 aliphatic rings. The fourth-order valence-corrected chi connectivity index (χ4v) is 4.74. The van der Waals surface area contributed by atoms with Crippen molar-refractivity contribution in [1.29, 1.82) is 0 Å². The molecule has 1 saturated carbocycles. The molecule has 156 valence electrons. The zero-order chi connectivity index (χ0) is 20.8. The van der Waals surface area contributed by atoms with E-state index < -0.39 is 5.60 Å². The van der Waals surface area contributed by atoms with Gasteiger partial charge in [0.05, 0.1) is 17.2 Å². The van der Waals surface area contributed by atoms with E-state index in [2.05, 4.69) is 4.98 Å². The second-order valence-corrected chi connectivity index (χ2v) is 9.52. The third-order valence-corrected chi connectivity index (χ3v) is 6.31. The van der Waals surface area contributed by atoms with Gasteiger partial charge in [0.1, 0.15) is 11.4 Å². The van der Waals surface area contributed by atoms with E-state index in [1.54, 1.807) is 27.9 Å². The van der Waals surface area contributed by atoms with E-state index in [0.717, 1.165) is 32.1 Å². The fraction of sp³-hybridized carbons (Fsp3) is 0.591. The Labute approximate surface area is 170 Å². The number of hydrogen-bond donors (Lipinski definition) is 1. The van der Waals surface area contributed by atoms with Crippen molar-refractivity contribution in [2.24, 2.45) is 5.41 Å². The number of carbonyl (C=O) groups is 1. The summed E-state index contributed by atoms with van der Waals surface area (Å²) in [6, 6.07) is 4.81. The van der Waals surface area contributed by atoms with Gasteiger partial charge in [-0.3, -0.25) is 9.36 Å². The first-order valence-corrected chi connectivity index (χ1v) is 10.3. The molecule has 1 unspecified atom stereocenters. The maximum atomic E-state index is 13.0. The van der Waals surface area contributed by atoms with Crippen LogP contribution < -0.4 is 5.56 Å². The van der Waals surface area contributed by atoms with Crippen molar-refractivity contribution in [2.45, 2.75) is 64.5 Å². The molecule has 1 aromatic heterocycles. The van der Waals surface area contributed by atoms with Crippen LogP contribution in [0.1, 0.15) is 58.9 Å². The van der Waals surface area contributed by atoms with Gasteiger partial charge in [-0.05, 0) is 76.5 Å². The van der Waals surface area contributed by atoms with Gasteiger partial charge in [0.25, 0.3) is 5.56 Å². The number of aromatic hydroxyl groups is 1. The summed E-state index contributed by atoms with van der Waals surface area (Å²) in [6.45, 7) is 7.04. The van der Waals surface area contributed by atoms with Crippen molar-refractivity contribution in [2.75, 3.05) is 13.1 Å². The van der Waals surface area contributed by atoms with Crippen LogP contribution in [0.25, 0.3) is 10.9 Å². The normalized spacial score (nSPS) is 21.6. The Hall–Kier alpha value is -2.57. The molecule has 7 heteroatoms. The number of carbonyl (C=O) groups excluding carboxylic acids is 1. The monoisotopic (exact) mass is 399 g/mol. The first-order chi connectivity index (χ1) is 13.7. The van der Waals surface area contributed by atoms with Gasteiger partial charge in [-0.25, -0.2) is 9.78 Å². The highest BCUT2D eigenvalue weighted by molar-refractivity contribution is 5.78. The highest BCUT2D eigenvalue weighted by atomic mass is 16.6. The molecule has 1 aliphatic heterocycles. The van der Waals surface area contributed by atoms with Gasteiger partial charge in [0, 0.05) is 19.1 Å². The molecule has 7 nitrogen and oxygen atoms in total. The minimum absolute atomic E-state index is 0.0755. The number of nitrogens with zero attached hydrogens (tertiary/aromatic N) is 3. The quantitative estimate of drug-likeness (QED) is 0.787. The average Bonchev–Trinajstić information content (AvgIpc) is 3.05. The molecule has 1 spiro atoms. The van der Waals surface area contributed by atoms with Gasteiger partial charge >= 0.3 is 6.09 Å². The van der Waals surface area contributed by atoms with Crippen LogP contribution in [-0.2, 0) is 4.74 Å². The predicted molar refractivity (Wildman–Crippen MR) is 110 cm³/mol. The van der Waals surface area contributed by atoms with Gasteiger partial charge in [-0.2, -0.15) is 0 Å². The lowest BCUT2D eigenvalue weighted by atomic mass is 9.77. The molecule has 1 aromatic carbocycles. The van der Waals surface area contributed by atoms with Crippen molar-refractivity contribution in [3.63, 3.8) is 0 Å². The first kappa shape index (κ1) is 19.7. The zero-order valence-electron chi connectivity index (χ0n) is 17.4. The number of piperidine rings is 1. The molecule has 1 amide bonds. The van der Waals surface area contributed by atoms with Gasteiger partial charge in [-0.15, -0.1) is 0 Å². The molecule has 29 heavy (non-hydrogen) atoms. The topological polar surface area (TPSA) is 84.7 Å². The van der Waals surface area contributed by atoms with E-state index >= 15 is 0 Å². The van der Waals surface area contributed by atoms with Crippen LogP contribution in [0.5, 0.6) is 5.75 Å². The van der Waals surface area contributed by atoms with Crippen molar-refractivity contribution < 1.29 is 14.6 Å². The maximum Gasteiger partial charge on any atom is 0.410 e. The molecule has 0 radical (unpaired) electrons. The molecular formula is C22H29N3O4. The smallest absolute Gasteiger partial charge is 0.410 e. The second-order valence-electron chi connectivity index (χ2n) is 9.52. The molecule has 0 bridgehead atoms. The van der Waals surface area contributed by atoms with Crippen LogP contribution in [-0.4, -0.2) is 44.3 Å². The van der Waals surface area contributed by atoms with Crippen molar-refractivity contribution in [1.82, 2.24) is 14.5 Å². The van der Waals surface area contributed by atoms with Crippen LogP contribution in [0.3, 0.4) is 0 Å². The highest BCUT2D eigenvalue weighted by Gasteiger charge is 2.43. The minimum Gasteiger partial charge on any atom is -0.508 e. The summed E-state index contributed by atoms with van der Waals surface area (Å²) >= 11 is 0. The number of likely N-dealkylation sites (tertiary alicyclic amines) is 1. The lowest BCUT2D eigenvalue weighted by Gasteiger charge is -2.40. The standard InChI is InChI=1S/C22H29N3O4/c1-21(2,3)29-20(28)24-10-8-22(9-11-24)7-6-15(13-22)25-14-23-18-5-4-16(26)12-17(18)19(25)27/h4-5,12,14-15,26H,6-11,13H2,1-3H3. The number of fused-ring (bicyclic) bond motifs is 1. The summed E-state index contributed by atoms with van der Waals surface area (Å²) in [7, 11) is 0. The molecule has 1 atom stereocenters. The molecule has 2 heterocycles. The molecule has 1 N–H and O–H groups in total. The predicted octanol–water partition coefficient (Wildman–Crippen LogP) is 3.84. The maximum absolute atomic E-state index is 13.0. The van der Waals surface area contributed by atoms with E-state index in [-0.39, 0.29) is 28.9 Å². The summed E-state index contributed by atoms with van der Waals surface area (Å²) in [4.78, 5) is 31.5. The molecular weight excluding hydrogens is 370 g/mol. The lowest BCUT2D eigenvalue weighted by molar-refractivity contribution is 0.0103. The van der Waals surface area contributed by atoms with E-state index in [1.807, 2.05) is 20.8 Å². The Bertz CT molecular complexity index is 984. The zero-order valence-corrected chi connectivity index (χ0v) is 17.4. The Morgan fingerprint density at radius 1 is 1.24 bits per heavy atom. The highest BCUT2D eigenvalue weighted by Crippen LogP contribution is 2.50. The Kier molecular flexibility index (Phi) is 4.79. The van der Waals surface area contributed by atoms with E-state index in [1.165, 1.54) is 6.07 Å². The number of aromatic nitrogens is 2. The fourth-order valence-electron chi connectivity index (χ4n) is 4.74. The first-order valence-electron chi connectivity index (χ1n) is 10.3. The number of hydrogen-bond acceptors (Lipinski definition) is 5. The number of amides is 1. The molecule has 2 fully saturated rings.